The van der Waals surface area contributed by atoms with Crippen molar-refractivity contribution in [1.82, 2.24) is 4.90 Å². The van der Waals surface area contributed by atoms with Crippen molar-refractivity contribution in [3.63, 3.8) is 0 Å². The lowest BCUT2D eigenvalue weighted by Gasteiger charge is -2.20. The summed E-state index contributed by atoms with van der Waals surface area (Å²) in [6, 6.07) is 0.191. The van der Waals surface area contributed by atoms with Crippen LogP contribution in [0.3, 0.4) is 0 Å². The number of hydrogen-bond acceptors (Lipinski definition) is 2. The Hall–Kier alpha value is -0.990. The lowest BCUT2D eigenvalue weighted by atomic mass is 10.4. The Morgan fingerprint density at radius 2 is 2.17 bits per heavy atom. The van der Waals surface area contributed by atoms with E-state index in [0.29, 0.717) is 0 Å². The van der Waals surface area contributed by atoms with E-state index in [1.165, 1.54) is 0 Å². The van der Waals surface area contributed by atoms with Gasteiger partial charge >= 0.3 is 6.09 Å². The first-order valence-electron chi connectivity index (χ1n) is 4.14. The predicted octanol–water partition coefficient (Wildman–Crippen LogP) is 1.79. The van der Waals surface area contributed by atoms with E-state index in [4.69, 9.17) is 4.74 Å². The highest BCUT2D eigenvalue weighted by molar-refractivity contribution is 5.69. The van der Waals surface area contributed by atoms with E-state index in [9.17, 15) is 4.79 Å². The summed E-state index contributed by atoms with van der Waals surface area (Å²) in [5.41, 5.74) is 1.14. The first-order chi connectivity index (χ1) is 5.52. The maximum absolute atomic E-state index is 11.3. The number of rotatable bonds is 2. The third-order valence-corrected chi connectivity index (χ3v) is 2.04. The van der Waals surface area contributed by atoms with Crippen LogP contribution in [0.25, 0.3) is 0 Å². The molecule has 0 aromatic carbocycles. The minimum Gasteiger partial charge on any atom is -0.437 e. The molecule has 68 valence electrons. The van der Waals surface area contributed by atoms with Gasteiger partial charge in [0.2, 0.25) is 0 Å². The van der Waals surface area contributed by atoms with Crippen LogP contribution in [0.2, 0.25) is 0 Å². The summed E-state index contributed by atoms with van der Waals surface area (Å²) in [5, 5.41) is 0. The highest BCUT2D eigenvalue weighted by atomic mass is 16.6. The Kier molecular flexibility index (Phi) is 2.40. The quantitative estimate of drug-likeness (QED) is 0.590. The maximum Gasteiger partial charge on any atom is 0.410 e. The van der Waals surface area contributed by atoms with Gasteiger partial charge in [-0.25, -0.2) is 4.79 Å². The van der Waals surface area contributed by atoms with Crippen molar-refractivity contribution in [3.8, 4) is 0 Å². The fourth-order valence-corrected chi connectivity index (χ4v) is 0.720. The Balaban J connectivity index is 2.29. The molecular weight excluding hydrogens is 154 g/mol. The van der Waals surface area contributed by atoms with E-state index in [-0.39, 0.29) is 18.2 Å². The molecule has 1 aliphatic carbocycles. The molecule has 0 saturated heterocycles. The van der Waals surface area contributed by atoms with Crippen LogP contribution in [0, 0.1) is 0 Å². The van der Waals surface area contributed by atoms with Crippen molar-refractivity contribution < 1.29 is 9.53 Å². The predicted molar refractivity (Wildman–Crippen MR) is 46.9 cm³/mol. The number of hydrogen-bond donors (Lipinski definition) is 0. The summed E-state index contributed by atoms with van der Waals surface area (Å²) in [6.45, 7) is 5.86. The summed E-state index contributed by atoms with van der Waals surface area (Å²) in [5.74, 6) is 0. The number of ether oxygens (including phenoxy) is 1. The van der Waals surface area contributed by atoms with Crippen LogP contribution >= 0.6 is 0 Å². The van der Waals surface area contributed by atoms with Gasteiger partial charge in [-0.3, -0.25) is 0 Å². The second-order valence-electron chi connectivity index (χ2n) is 3.42. The monoisotopic (exact) mass is 169 g/mol. The summed E-state index contributed by atoms with van der Waals surface area (Å²) in [6.07, 6.45) is 1.65. The fourth-order valence-electron chi connectivity index (χ4n) is 0.720. The van der Waals surface area contributed by atoms with E-state index >= 15 is 0 Å². The van der Waals surface area contributed by atoms with Gasteiger partial charge in [0.05, 0.1) is 0 Å². The smallest absolute Gasteiger partial charge is 0.410 e. The third kappa shape index (κ3) is 2.00. The molecule has 1 amide bonds. The molecule has 0 aliphatic heterocycles. The molecule has 3 nitrogen and oxygen atoms in total. The molecule has 0 bridgehead atoms. The SMILES string of the molecule is CC1=CC1OC(=O)N(C)C(C)C. The highest BCUT2D eigenvalue weighted by Crippen LogP contribution is 2.23. The van der Waals surface area contributed by atoms with Crippen LogP contribution in [0.15, 0.2) is 11.6 Å². The Morgan fingerprint density at radius 1 is 1.67 bits per heavy atom. The third-order valence-electron chi connectivity index (χ3n) is 2.04. The average molecular weight is 169 g/mol. The lowest BCUT2D eigenvalue weighted by Crippen LogP contribution is -2.34. The first kappa shape index (κ1) is 9.10. The van der Waals surface area contributed by atoms with Crippen LogP contribution in [-0.2, 0) is 4.74 Å². The summed E-state index contributed by atoms with van der Waals surface area (Å²) in [4.78, 5) is 12.8. The fraction of sp³-hybridized carbons (Fsp3) is 0.667. The molecule has 1 aliphatic rings. The van der Waals surface area contributed by atoms with Crippen molar-refractivity contribution in [2.24, 2.45) is 0 Å². The van der Waals surface area contributed by atoms with Gasteiger partial charge in [0.15, 0.2) is 0 Å². The summed E-state index contributed by atoms with van der Waals surface area (Å²) < 4.78 is 5.09. The van der Waals surface area contributed by atoms with Gasteiger partial charge in [0.25, 0.3) is 0 Å². The Bertz CT molecular complexity index is 221. The van der Waals surface area contributed by atoms with Gasteiger partial charge < -0.3 is 9.64 Å². The number of carbonyl (C=O) groups excluding carboxylic acids is 1. The van der Waals surface area contributed by atoms with Crippen LogP contribution in [-0.4, -0.2) is 30.2 Å². The number of amides is 1. The topological polar surface area (TPSA) is 29.5 Å². The van der Waals surface area contributed by atoms with Crippen LogP contribution in [0.4, 0.5) is 4.79 Å². The zero-order valence-electron chi connectivity index (χ0n) is 8.00. The van der Waals surface area contributed by atoms with Gasteiger partial charge in [-0.15, -0.1) is 0 Å². The zero-order chi connectivity index (χ0) is 9.30. The maximum atomic E-state index is 11.3. The molecule has 0 aromatic rings. The lowest BCUT2D eigenvalue weighted by molar-refractivity contribution is 0.100. The van der Waals surface area contributed by atoms with Gasteiger partial charge in [-0.1, -0.05) is 0 Å². The standard InChI is InChI=1S/C9H15NO2/c1-6(2)10(4)9(11)12-8-5-7(8)3/h5-6,8H,1-4H3. The number of nitrogens with zero attached hydrogens (tertiary/aromatic N) is 1. The van der Waals surface area contributed by atoms with E-state index < -0.39 is 0 Å². The molecular formula is C9H15NO2. The molecule has 1 atom stereocenters. The van der Waals surface area contributed by atoms with E-state index in [0.717, 1.165) is 5.57 Å². The summed E-state index contributed by atoms with van der Waals surface area (Å²) in [7, 11) is 1.74. The van der Waals surface area contributed by atoms with Gasteiger partial charge in [-0.2, -0.15) is 0 Å². The van der Waals surface area contributed by atoms with Gasteiger partial charge in [-0.05, 0) is 32.4 Å². The molecule has 3 heteroatoms. The normalized spacial score (nSPS) is 20.4. The van der Waals surface area contributed by atoms with Crippen LogP contribution < -0.4 is 0 Å². The van der Waals surface area contributed by atoms with E-state index in [1.54, 1.807) is 11.9 Å². The molecule has 0 N–H and O–H groups in total. The minimum absolute atomic E-state index is 0.0290. The van der Waals surface area contributed by atoms with Crippen LogP contribution in [0.1, 0.15) is 20.8 Å². The molecule has 0 aromatic heterocycles. The highest BCUT2D eigenvalue weighted by Gasteiger charge is 2.26. The Morgan fingerprint density at radius 3 is 2.50 bits per heavy atom. The Labute approximate surface area is 73.0 Å². The van der Waals surface area contributed by atoms with E-state index in [2.05, 4.69) is 0 Å². The average Bonchev–Trinajstić information content (AvgIpc) is 2.64. The molecule has 1 unspecified atom stereocenters. The minimum atomic E-state index is -0.247. The van der Waals surface area contributed by atoms with Gasteiger partial charge in [0.1, 0.15) is 6.10 Å². The number of carbonyl (C=O) groups is 1. The molecule has 0 fully saturated rings. The summed E-state index contributed by atoms with van der Waals surface area (Å²) >= 11 is 0. The molecule has 0 heterocycles. The van der Waals surface area contributed by atoms with Crippen LogP contribution in [0.5, 0.6) is 0 Å². The van der Waals surface area contributed by atoms with Gasteiger partial charge in [0, 0.05) is 13.1 Å². The van der Waals surface area contributed by atoms with Crippen molar-refractivity contribution in [2.75, 3.05) is 7.05 Å². The van der Waals surface area contributed by atoms with Crippen molar-refractivity contribution >= 4 is 6.09 Å². The van der Waals surface area contributed by atoms with Crippen molar-refractivity contribution in [3.05, 3.63) is 11.6 Å². The van der Waals surface area contributed by atoms with E-state index in [1.807, 2.05) is 26.8 Å². The largest absolute Gasteiger partial charge is 0.437 e. The second-order valence-corrected chi connectivity index (χ2v) is 3.42. The molecule has 1 rings (SSSR count). The second kappa shape index (κ2) is 3.17. The zero-order valence-corrected chi connectivity index (χ0v) is 8.00. The first-order valence-corrected chi connectivity index (χ1v) is 4.14. The molecule has 12 heavy (non-hydrogen) atoms. The van der Waals surface area contributed by atoms with Crippen molar-refractivity contribution in [2.45, 2.75) is 32.9 Å². The molecule has 0 spiro atoms. The van der Waals surface area contributed by atoms with Crippen molar-refractivity contribution in [1.29, 1.82) is 0 Å². The molecule has 0 radical (unpaired) electrons. The molecule has 0 saturated carbocycles.